The van der Waals surface area contributed by atoms with Gasteiger partial charge in [0.1, 0.15) is 0 Å². The van der Waals surface area contributed by atoms with Crippen molar-refractivity contribution in [2.24, 2.45) is 0 Å². The molecule has 1 saturated heterocycles. The SMILES string of the molecule is Cc1ccc2c(c1)c1c(n2CCc2ccc(C)nc2)C2CCC(C1)N2C. The Labute approximate surface area is 155 Å². The first-order valence-electron chi connectivity index (χ1n) is 9.87. The van der Waals surface area contributed by atoms with E-state index in [0.717, 1.165) is 24.7 Å². The van der Waals surface area contributed by atoms with Crippen LogP contribution < -0.4 is 0 Å². The van der Waals surface area contributed by atoms with Crippen LogP contribution in [0.2, 0.25) is 0 Å². The summed E-state index contributed by atoms with van der Waals surface area (Å²) in [6.45, 7) is 5.30. The fourth-order valence-electron chi connectivity index (χ4n) is 5.10. The largest absolute Gasteiger partial charge is 0.342 e. The van der Waals surface area contributed by atoms with Gasteiger partial charge >= 0.3 is 0 Å². The predicted octanol–water partition coefficient (Wildman–Crippen LogP) is 4.59. The summed E-state index contributed by atoms with van der Waals surface area (Å²) in [6.07, 6.45) is 6.93. The van der Waals surface area contributed by atoms with Crippen molar-refractivity contribution >= 4 is 10.9 Å². The molecule has 2 aliphatic heterocycles. The number of benzene rings is 1. The van der Waals surface area contributed by atoms with Crippen LogP contribution in [-0.2, 0) is 19.4 Å². The normalized spacial score (nSPS) is 22.1. The van der Waals surface area contributed by atoms with Crippen LogP contribution in [0.4, 0.5) is 0 Å². The first-order chi connectivity index (χ1) is 12.6. The van der Waals surface area contributed by atoms with Gasteiger partial charge < -0.3 is 4.57 Å². The Balaban J connectivity index is 1.60. The minimum absolute atomic E-state index is 0.590. The van der Waals surface area contributed by atoms with Gasteiger partial charge in [-0.15, -0.1) is 0 Å². The molecule has 1 fully saturated rings. The molecule has 3 aromatic rings. The highest BCUT2D eigenvalue weighted by molar-refractivity contribution is 5.87. The van der Waals surface area contributed by atoms with Crippen LogP contribution >= 0.6 is 0 Å². The number of aromatic nitrogens is 2. The molecule has 4 heterocycles. The number of pyridine rings is 1. The zero-order valence-electron chi connectivity index (χ0n) is 16.0. The van der Waals surface area contributed by atoms with Crippen molar-refractivity contribution in [1.82, 2.24) is 14.5 Å². The third kappa shape index (κ3) is 2.41. The fourth-order valence-corrected chi connectivity index (χ4v) is 5.10. The van der Waals surface area contributed by atoms with Crippen molar-refractivity contribution in [3.8, 4) is 0 Å². The van der Waals surface area contributed by atoms with E-state index in [4.69, 9.17) is 0 Å². The minimum atomic E-state index is 0.590. The number of hydrogen-bond acceptors (Lipinski definition) is 2. The molecule has 0 radical (unpaired) electrons. The lowest BCUT2D eigenvalue weighted by Gasteiger charge is -2.32. The van der Waals surface area contributed by atoms with E-state index in [0.29, 0.717) is 6.04 Å². The molecular weight excluding hydrogens is 318 g/mol. The molecule has 0 amide bonds. The molecule has 2 aliphatic rings. The predicted molar refractivity (Wildman–Crippen MR) is 107 cm³/mol. The second-order valence-electron chi connectivity index (χ2n) is 8.21. The molecule has 3 nitrogen and oxygen atoms in total. The molecule has 0 saturated carbocycles. The molecule has 134 valence electrons. The standard InChI is InChI=1S/C23H27N3/c1-15-4-8-21-19(12-15)20-13-18-7-9-22(25(18)3)23(20)26(21)11-10-17-6-5-16(2)24-14-17/h4-6,8,12,14,18,22H,7,9-11,13H2,1-3H3. The van der Waals surface area contributed by atoms with Crippen LogP contribution in [0, 0.1) is 13.8 Å². The maximum absolute atomic E-state index is 4.47. The Morgan fingerprint density at radius 1 is 1.12 bits per heavy atom. The number of hydrogen-bond donors (Lipinski definition) is 0. The molecule has 2 bridgehead atoms. The highest BCUT2D eigenvalue weighted by Crippen LogP contribution is 2.46. The van der Waals surface area contributed by atoms with Crippen LogP contribution in [0.15, 0.2) is 36.5 Å². The summed E-state index contributed by atoms with van der Waals surface area (Å²) in [4.78, 5) is 7.10. The lowest BCUT2D eigenvalue weighted by molar-refractivity contribution is 0.217. The Morgan fingerprint density at radius 3 is 2.81 bits per heavy atom. The van der Waals surface area contributed by atoms with Crippen molar-refractivity contribution in [2.75, 3.05) is 7.05 Å². The highest BCUT2D eigenvalue weighted by Gasteiger charge is 2.40. The lowest BCUT2D eigenvalue weighted by atomic mass is 9.97. The second-order valence-corrected chi connectivity index (χ2v) is 8.21. The summed E-state index contributed by atoms with van der Waals surface area (Å²) in [5.41, 5.74) is 8.41. The average molecular weight is 345 g/mol. The van der Waals surface area contributed by atoms with Gasteiger partial charge in [-0.05, 0) is 75.9 Å². The quantitative estimate of drug-likeness (QED) is 0.692. The monoisotopic (exact) mass is 345 g/mol. The van der Waals surface area contributed by atoms with Crippen LogP contribution in [-0.4, -0.2) is 27.5 Å². The third-order valence-corrected chi connectivity index (χ3v) is 6.56. The zero-order valence-corrected chi connectivity index (χ0v) is 16.0. The van der Waals surface area contributed by atoms with Crippen LogP contribution in [0.25, 0.3) is 10.9 Å². The van der Waals surface area contributed by atoms with Gasteiger partial charge in [-0.25, -0.2) is 0 Å². The van der Waals surface area contributed by atoms with E-state index < -0.39 is 0 Å². The fraction of sp³-hybridized carbons (Fsp3) is 0.435. The Kier molecular flexibility index (Phi) is 3.68. The third-order valence-electron chi connectivity index (χ3n) is 6.56. The Morgan fingerprint density at radius 2 is 2.00 bits per heavy atom. The number of aryl methyl sites for hydroxylation is 4. The first kappa shape index (κ1) is 16.1. The van der Waals surface area contributed by atoms with Crippen molar-refractivity contribution in [1.29, 1.82) is 0 Å². The van der Waals surface area contributed by atoms with Crippen LogP contribution in [0.1, 0.15) is 47.0 Å². The zero-order chi connectivity index (χ0) is 17.8. The molecule has 1 aromatic carbocycles. The topological polar surface area (TPSA) is 21.1 Å². The van der Waals surface area contributed by atoms with E-state index in [1.54, 1.807) is 11.3 Å². The molecule has 2 atom stereocenters. The molecule has 5 rings (SSSR count). The van der Waals surface area contributed by atoms with Crippen molar-refractivity contribution < 1.29 is 0 Å². The molecule has 26 heavy (non-hydrogen) atoms. The summed E-state index contributed by atoms with van der Waals surface area (Å²) < 4.78 is 2.62. The molecular formula is C23H27N3. The van der Waals surface area contributed by atoms with Gasteiger partial charge in [-0.2, -0.15) is 0 Å². The minimum Gasteiger partial charge on any atom is -0.342 e. The van der Waals surface area contributed by atoms with E-state index in [-0.39, 0.29) is 0 Å². The number of rotatable bonds is 3. The summed E-state index contributed by atoms with van der Waals surface area (Å²) in [5, 5.41) is 1.49. The summed E-state index contributed by atoms with van der Waals surface area (Å²) in [6, 6.07) is 12.7. The summed E-state index contributed by atoms with van der Waals surface area (Å²) in [7, 11) is 2.32. The van der Waals surface area contributed by atoms with Gasteiger partial charge in [0.2, 0.25) is 0 Å². The molecule has 3 heteroatoms. The number of fused-ring (bicyclic) bond motifs is 6. The van der Waals surface area contributed by atoms with Crippen LogP contribution in [0.5, 0.6) is 0 Å². The van der Waals surface area contributed by atoms with E-state index in [1.165, 1.54) is 41.3 Å². The van der Waals surface area contributed by atoms with E-state index >= 15 is 0 Å². The van der Waals surface area contributed by atoms with Gasteiger partial charge in [-0.1, -0.05) is 17.7 Å². The van der Waals surface area contributed by atoms with Gasteiger partial charge in [0.25, 0.3) is 0 Å². The first-order valence-corrected chi connectivity index (χ1v) is 9.87. The molecule has 2 aromatic heterocycles. The van der Waals surface area contributed by atoms with E-state index in [2.05, 4.69) is 58.8 Å². The maximum Gasteiger partial charge on any atom is 0.0504 e. The van der Waals surface area contributed by atoms with Gasteiger partial charge in [-0.3, -0.25) is 9.88 Å². The Bertz CT molecular complexity index is 967. The van der Waals surface area contributed by atoms with Crippen LogP contribution in [0.3, 0.4) is 0 Å². The molecule has 2 unspecified atom stereocenters. The van der Waals surface area contributed by atoms with E-state index in [1.807, 2.05) is 13.1 Å². The van der Waals surface area contributed by atoms with Crippen molar-refractivity contribution in [2.45, 2.75) is 58.2 Å². The molecule has 0 spiro atoms. The highest BCUT2D eigenvalue weighted by atomic mass is 15.2. The van der Waals surface area contributed by atoms with Crippen molar-refractivity contribution in [3.63, 3.8) is 0 Å². The van der Waals surface area contributed by atoms with Crippen molar-refractivity contribution in [3.05, 3.63) is 64.6 Å². The molecule has 0 N–H and O–H groups in total. The maximum atomic E-state index is 4.47. The lowest BCUT2D eigenvalue weighted by Crippen LogP contribution is -2.35. The van der Waals surface area contributed by atoms with Gasteiger partial charge in [0.15, 0.2) is 0 Å². The summed E-state index contributed by atoms with van der Waals surface area (Å²) in [5.74, 6) is 0. The van der Waals surface area contributed by atoms with E-state index in [9.17, 15) is 0 Å². The molecule has 0 aliphatic carbocycles. The smallest absolute Gasteiger partial charge is 0.0504 e. The van der Waals surface area contributed by atoms with Gasteiger partial charge in [0.05, 0.1) is 6.04 Å². The Hall–Kier alpha value is -2.13. The number of nitrogens with zero attached hydrogens (tertiary/aromatic N) is 3. The second kappa shape index (κ2) is 5.95. The summed E-state index contributed by atoms with van der Waals surface area (Å²) >= 11 is 0. The number of likely N-dealkylation sites (N-methyl/N-ethyl adjacent to an activating group) is 1. The average Bonchev–Trinajstić information content (AvgIpc) is 3.05. The van der Waals surface area contributed by atoms with Gasteiger partial charge in [0, 0.05) is 41.1 Å².